The Labute approximate surface area is 107 Å². The lowest BCUT2D eigenvalue weighted by Gasteiger charge is -2.44. The Bertz CT molecular complexity index is 329. The van der Waals surface area contributed by atoms with Gasteiger partial charge in [-0.05, 0) is 26.7 Å². The highest BCUT2D eigenvalue weighted by atomic mass is 16.4. The van der Waals surface area contributed by atoms with Gasteiger partial charge in [0.2, 0.25) is 0 Å². The Balaban J connectivity index is 2.04. The Kier molecular flexibility index (Phi) is 3.63. The summed E-state index contributed by atoms with van der Waals surface area (Å²) in [6.45, 7) is 6.30. The first-order valence-electron chi connectivity index (χ1n) is 6.56. The molecule has 0 radical (unpaired) electrons. The summed E-state index contributed by atoms with van der Waals surface area (Å²) in [7, 11) is 0. The van der Waals surface area contributed by atoms with Crippen LogP contribution in [0.4, 0.5) is 9.59 Å². The quantitative estimate of drug-likeness (QED) is 0.709. The minimum atomic E-state index is -0.901. The number of carbonyl (C=O) groups excluding carboxylic acids is 1. The van der Waals surface area contributed by atoms with Crippen molar-refractivity contribution in [2.24, 2.45) is 0 Å². The van der Waals surface area contributed by atoms with Gasteiger partial charge in [-0.3, -0.25) is 0 Å². The van der Waals surface area contributed by atoms with Crippen molar-refractivity contribution in [1.29, 1.82) is 0 Å². The van der Waals surface area contributed by atoms with E-state index in [9.17, 15) is 9.59 Å². The second-order valence-corrected chi connectivity index (χ2v) is 5.27. The molecule has 1 N–H and O–H groups in total. The molecule has 2 aliphatic rings. The fourth-order valence-corrected chi connectivity index (χ4v) is 2.93. The summed E-state index contributed by atoms with van der Waals surface area (Å²) in [5, 5.41) is 9.02. The van der Waals surface area contributed by atoms with Gasteiger partial charge in [-0.15, -0.1) is 0 Å². The molecule has 0 saturated carbocycles. The minimum Gasteiger partial charge on any atom is -0.465 e. The van der Waals surface area contributed by atoms with Crippen LogP contribution in [-0.2, 0) is 0 Å². The minimum absolute atomic E-state index is 0.0575. The maximum absolute atomic E-state index is 12.4. The van der Waals surface area contributed by atoms with Crippen molar-refractivity contribution in [2.75, 3.05) is 26.2 Å². The van der Waals surface area contributed by atoms with Crippen molar-refractivity contribution >= 4 is 12.1 Å². The molecule has 2 saturated heterocycles. The van der Waals surface area contributed by atoms with Gasteiger partial charge in [0.15, 0.2) is 0 Å². The number of hydrogen-bond donors (Lipinski definition) is 1. The molecule has 0 aromatic rings. The highest BCUT2D eigenvalue weighted by Gasteiger charge is 2.37. The average Bonchev–Trinajstić information content (AvgIpc) is 2.80. The summed E-state index contributed by atoms with van der Waals surface area (Å²) in [5.74, 6) is 0. The summed E-state index contributed by atoms with van der Waals surface area (Å²) in [4.78, 5) is 28.5. The van der Waals surface area contributed by atoms with Crippen LogP contribution >= 0.6 is 0 Å². The number of urea groups is 1. The summed E-state index contributed by atoms with van der Waals surface area (Å²) in [6, 6.07) is -0.0477. The molecule has 0 aliphatic carbocycles. The lowest BCUT2D eigenvalue weighted by atomic mass is 10.1. The molecule has 2 heterocycles. The van der Waals surface area contributed by atoms with Crippen molar-refractivity contribution in [3.63, 3.8) is 0 Å². The van der Waals surface area contributed by atoms with E-state index in [0.717, 1.165) is 25.9 Å². The summed E-state index contributed by atoms with van der Waals surface area (Å²) < 4.78 is 0. The van der Waals surface area contributed by atoms with Crippen LogP contribution in [-0.4, -0.2) is 70.2 Å². The van der Waals surface area contributed by atoms with E-state index in [1.54, 1.807) is 0 Å². The van der Waals surface area contributed by atoms with E-state index in [-0.39, 0.29) is 18.1 Å². The van der Waals surface area contributed by atoms with Gasteiger partial charge in [-0.2, -0.15) is 0 Å². The first-order valence-corrected chi connectivity index (χ1v) is 6.56. The standard InChI is InChI=1S/C12H21N3O3/c1-9-7-14(12(17)18)8-10(2)15(9)11(16)13-5-3-4-6-13/h9-10H,3-8H2,1-2H3,(H,17,18). The Morgan fingerprint density at radius 2 is 1.50 bits per heavy atom. The molecule has 2 aliphatic heterocycles. The van der Waals surface area contributed by atoms with E-state index in [1.165, 1.54) is 4.90 Å². The van der Waals surface area contributed by atoms with E-state index in [2.05, 4.69) is 0 Å². The second kappa shape index (κ2) is 5.04. The van der Waals surface area contributed by atoms with E-state index >= 15 is 0 Å². The van der Waals surface area contributed by atoms with Crippen LogP contribution in [0.15, 0.2) is 0 Å². The van der Waals surface area contributed by atoms with Gasteiger partial charge in [0.1, 0.15) is 0 Å². The van der Waals surface area contributed by atoms with Gasteiger partial charge in [0.05, 0.1) is 0 Å². The maximum atomic E-state index is 12.4. The van der Waals surface area contributed by atoms with Crippen molar-refractivity contribution in [3.05, 3.63) is 0 Å². The number of rotatable bonds is 0. The molecule has 102 valence electrons. The van der Waals surface area contributed by atoms with E-state index < -0.39 is 6.09 Å². The van der Waals surface area contributed by atoms with Gasteiger partial charge in [-0.25, -0.2) is 9.59 Å². The average molecular weight is 255 g/mol. The third kappa shape index (κ3) is 2.37. The monoisotopic (exact) mass is 255 g/mol. The van der Waals surface area contributed by atoms with Gasteiger partial charge in [0, 0.05) is 38.3 Å². The highest BCUT2D eigenvalue weighted by Crippen LogP contribution is 2.20. The van der Waals surface area contributed by atoms with Gasteiger partial charge in [0.25, 0.3) is 0 Å². The molecule has 0 aromatic heterocycles. The lowest BCUT2D eigenvalue weighted by molar-refractivity contribution is 0.0495. The Hall–Kier alpha value is -1.46. The molecule has 2 fully saturated rings. The van der Waals surface area contributed by atoms with Gasteiger partial charge >= 0.3 is 12.1 Å². The number of nitrogens with zero attached hydrogens (tertiary/aromatic N) is 3. The molecule has 18 heavy (non-hydrogen) atoms. The number of carbonyl (C=O) groups is 2. The summed E-state index contributed by atoms with van der Waals surface area (Å²) in [5.41, 5.74) is 0. The van der Waals surface area contributed by atoms with E-state index in [0.29, 0.717) is 13.1 Å². The van der Waals surface area contributed by atoms with Crippen molar-refractivity contribution in [1.82, 2.24) is 14.7 Å². The highest BCUT2D eigenvalue weighted by molar-refractivity contribution is 5.76. The van der Waals surface area contributed by atoms with Crippen molar-refractivity contribution in [2.45, 2.75) is 38.8 Å². The molecule has 2 unspecified atom stereocenters. The molecule has 2 rings (SSSR count). The predicted molar refractivity (Wildman–Crippen MR) is 66.6 cm³/mol. The zero-order valence-electron chi connectivity index (χ0n) is 11.0. The third-order valence-corrected chi connectivity index (χ3v) is 3.79. The van der Waals surface area contributed by atoms with Gasteiger partial charge < -0.3 is 19.8 Å². The number of likely N-dealkylation sites (tertiary alicyclic amines) is 1. The molecule has 0 bridgehead atoms. The molecule has 6 nitrogen and oxygen atoms in total. The molecule has 6 heteroatoms. The summed E-state index contributed by atoms with van der Waals surface area (Å²) >= 11 is 0. The smallest absolute Gasteiger partial charge is 0.407 e. The Morgan fingerprint density at radius 1 is 1.00 bits per heavy atom. The molecular formula is C12H21N3O3. The lowest BCUT2D eigenvalue weighted by Crippen LogP contribution is -2.61. The number of piperazine rings is 1. The zero-order valence-corrected chi connectivity index (χ0v) is 11.0. The number of amides is 3. The maximum Gasteiger partial charge on any atom is 0.407 e. The zero-order chi connectivity index (χ0) is 13.3. The molecule has 0 spiro atoms. The van der Waals surface area contributed by atoms with E-state index in [1.807, 2.05) is 23.6 Å². The van der Waals surface area contributed by atoms with Gasteiger partial charge in [-0.1, -0.05) is 0 Å². The van der Waals surface area contributed by atoms with Crippen molar-refractivity contribution < 1.29 is 14.7 Å². The molecule has 0 aromatic carbocycles. The number of carboxylic acid groups (broad SMARTS) is 1. The normalized spacial score (nSPS) is 28.7. The van der Waals surface area contributed by atoms with Crippen molar-refractivity contribution in [3.8, 4) is 0 Å². The van der Waals surface area contributed by atoms with Crippen LogP contribution < -0.4 is 0 Å². The van der Waals surface area contributed by atoms with Crippen LogP contribution in [0.5, 0.6) is 0 Å². The van der Waals surface area contributed by atoms with Crippen LogP contribution in [0.25, 0.3) is 0 Å². The van der Waals surface area contributed by atoms with Crippen LogP contribution in [0.1, 0.15) is 26.7 Å². The fraction of sp³-hybridized carbons (Fsp3) is 0.833. The SMILES string of the molecule is CC1CN(C(=O)O)CC(C)N1C(=O)N1CCCC1. The third-order valence-electron chi connectivity index (χ3n) is 3.79. The molecule has 2 atom stereocenters. The van der Waals surface area contributed by atoms with Crippen LogP contribution in [0.2, 0.25) is 0 Å². The predicted octanol–water partition coefficient (Wildman–Crippen LogP) is 1.27. The first-order chi connectivity index (χ1) is 8.50. The molecule has 3 amide bonds. The first kappa shape index (κ1) is 13.0. The molecular weight excluding hydrogens is 234 g/mol. The number of hydrogen-bond acceptors (Lipinski definition) is 2. The fourth-order valence-electron chi connectivity index (χ4n) is 2.93. The summed E-state index contributed by atoms with van der Waals surface area (Å²) in [6.07, 6.45) is 1.25. The van der Waals surface area contributed by atoms with Crippen LogP contribution in [0.3, 0.4) is 0 Å². The van der Waals surface area contributed by atoms with Crippen LogP contribution in [0, 0.1) is 0 Å². The Morgan fingerprint density at radius 3 is 1.94 bits per heavy atom. The topological polar surface area (TPSA) is 64.1 Å². The van der Waals surface area contributed by atoms with E-state index in [4.69, 9.17) is 5.11 Å². The second-order valence-electron chi connectivity index (χ2n) is 5.27. The largest absolute Gasteiger partial charge is 0.465 e.